The molecule has 2 heterocycles. The SMILES string of the molecule is COc1cc(-c2cn(C)c(=O)c(C)c2C)ccc1C(=O)N1CCC(C(C)C)CC12CC2. The molecule has 1 unspecified atom stereocenters. The maximum atomic E-state index is 13.6. The standard InChI is InChI=1S/C26H34N2O3/c1-16(2)20-9-12-28(26(14-20)10-11-26)25(30)21-8-7-19(13-23(21)31-6)22-15-27(5)24(29)18(4)17(22)3/h7-8,13,15-16,20H,9-12,14H2,1-6H3. The van der Waals surface area contributed by atoms with Crippen LogP contribution in [0.25, 0.3) is 11.1 Å². The highest BCUT2D eigenvalue weighted by atomic mass is 16.5. The summed E-state index contributed by atoms with van der Waals surface area (Å²) in [4.78, 5) is 27.9. The van der Waals surface area contributed by atoms with Gasteiger partial charge in [0.2, 0.25) is 0 Å². The third-order valence-corrected chi connectivity index (χ3v) is 7.63. The summed E-state index contributed by atoms with van der Waals surface area (Å²) in [6.07, 6.45) is 6.27. The Hall–Kier alpha value is -2.56. The quantitative estimate of drug-likeness (QED) is 0.716. The summed E-state index contributed by atoms with van der Waals surface area (Å²) < 4.78 is 7.29. The molecule has 2 fully saturated rings. The summed E-state index contributed by atoms with van der Waals surface area (Å²) in [6.45, 7) is 9.23. The average molecular weight is 423 g/mol. The zero-order chi connectivity index (χ0) is 22.5. The number of rotatable bonds is 4. The smallest absolute Gasteiger partial charge is 0.258 e. The van der Waals surface area contributed by atoms with Gasteiger partial charge in [0.15, 0.2) is 0 Å². The fourth-order valence-electron chi connectivity index (χ4n) is 5.18. The van der Waals surface area contributed by atoms with Gasteiger partial charge in [0, 0.05) is 36.5 Å². The maximum Gasteiger partial charge on any atom is 0.258 e. The molecule has 1 spiro atoms. The number of nitrogens with zero attached hydrogens (tertiary/aromatic N) is 2. The molecule has 5 nitrogen and oxygen atoms in total. The summed E-state index contributed by atoms with van der Waals surface area (Å²) in [5.74, 6) is 2.04. The Morgan fingerprint density at radius 2 is 1.90 bits per heavy atom. The number of amides is 1. The van der Waals surface area contributed by atoms with Crippen LogP contribution in [-0.2, 0) is 7.05 Å². The summed E-state index contributed by atoms with van der Waals surface area (Å²) in [6, 6.07) is 5.79. The molecular formula is C26H34N2O3. The van der Waals surface area contributed by atoms with Crippen molar-refractivity contribution in [2.45, 2.75) is 58.9 Å². The Balaban J connectivity index is 1.67. The van der Waals surface area contributed by atoms with E-state index < -0.39 is 0 Å². The number of ether oxygens (including phenoxy) is 1. The van der Waals surface area contributed by atoms with E-state index in [1.54, 1.807) is 18.7 Å². The van der Waals surface area contributed by atoms with Crippen molar-refractivity contribution in [2.24, 2.45) is 18.9 Å². The number of hydrogen-bond acceptors (Lipinski definition) is 3. The molecule has 1 amide bonds. The van der Waals surface area contributed by atoms with Crippen molar-refractivity contribution in [1.29, 1.82) is 0 Å². The minimum Gasteiger partial charge on any atom is -0.496 e. The van der Waals surface area contributed by atoms with Crippen LogP contribution >= 0.6 is 0 Å². The first-order valence-corrected chi connectivity index (χ1v) is 11.4. The second kappa shape index (κ2) is 7.85. The van der Waals surface area contributed by atoms with Crippen LogP contribution in [0, 0.1) is 25.7 Å². The van der Waals surface area contributed by atoms with Crippen LogP contribution < -0.4 is 10.3 Å². The predicted octanol–water partition coefficient (Wildman–Crippen LogP) is 4.72. The highest BCUT2D eigenvalue weighted by Crippen LogP contribution is 2.52. The summed E-state index contributed by atoms with van der Waals surface area (Å²) in [5.41, 5.74) is 4.32. The Labute approximate surface area is 185 Å². The maximum absolute atomic E-state index is 13.6. The lowest BCUT2D eigenvalue weighted by atomic mass is 9.81. The van der Waals surface area contributed by atoms with Crippen LogP contribution in [0.15, 0.2) is 29.2 Å². The van der Waals surface area contributed by atoms with E-state index in [9.17, 15) is 9.59 Å². The van der Waals surface area contributed by atoms with E-state index in [0.717, 1.165) is 54.5 Å². The van der Waals surface area contributed by atoms with Crippen LogP contribution in [0.1, 0.15) is 61.0 Å². The van der Waals surface area contributed by atoms with Crippen LogP contribution in [0.3, 0.4) is 0 Å². The van der Waals surface area contributed by atoms with Crippen molar-refractivity contribution in [2.75, 3.05) is 13.7 Å². The second-order valence-electron chi connectivity index (χ2n) is 9.80. The number of methoxy groups -OCH3 is 1. The third kappa shape index (κ3) is 3.68. The van der Waals surface area contributed by atoms with Crippen LogP contribution in [0.5, 0.6) is 5.75 Å². The molecule has 1 aliphatic heterocycles. The molecule has 2 aromatic rings. The van der Waals surface area contributed by atoms with Gasteiger partial charge in [-0.25, -0.2) is 0 Å². The fraction of sp³-hybridized carbons (Fsp3) is 0.538. The molecule has 1 saturated heterocycles. The Morgan fingerprint density at radius 3 is 2.52 bits per heavy atom. The van der Waals surface area contributed by atoms with Crippen LogP contribution in [0.2, 0.25) is 0 Å². The van der Waals surface area contributed by atoms with E-state index in [0.29, 0.717) is 23.1 Å². The number of aromatic nitrogens is 1. The van der Waals surface area contributed by atoms with Gasteiger partial charge in [-0.2, -0.15) is 0 Å². The number of hydrogen-bond donors (Lipinski definition) is 0. The molecule has 2 aliphatic rings. The fourth-order valence-corrected chi connectivity index (χ4v) is 5.18. The molecule has 1 aromatic carbocycles. The Morgan fingerprint density at radius 1 is 1.19 bits per heavy atom. The molecule has 1 aliphatic carbocycles. The van der Waals surface area contributed by atoms with Gasteiger partial charge < -0.3 is 14.2 Å². The molecular weight excluding hydrogens is 388 g/mol. The van der Waals surface area contributed by atoms with E-state index in [4.69, 9.17) is 4.74 Å². The van der Waals surface area contributed by atoms with Crippen LogP contribution in [-0.4, -0.2) is 34.6 Å². The normalized spacial score (nSPS) is 19.7. The van der Waals surface area contributed by atoms with Gasteiger partial charge in [0.05, 0.1) is 12.7 Å². The molecule has 1 saturated carbocycles. The lowest BCUT2D eigenvalue weighted by molar-refractivity contribution is 0.0445. The van der Waals surface area contributed by atoms with Crippen molar-refractivity contribution >= 4 is 5.91 Å². The lowest BCUT2D eigenvalue weighted by Gasteiger charge is -2.42. The van der Waals surface area contributed by atoms with Crippen molar-refractivity contribution in [3.8, 4) is 16.9 Å². The minimum atomic E-state index is 0.0135. The zero-order valence-electron chi connectivity index (χ0n) is 19.6. The van der Waals surface area contributed by atoms with Gasteiger partial charge in [-0.05, 0) is 74.6 Å². The number of carbonyl (C=O) groups excluding carboxylic acids is 1. The highest BCUT2D eigenvalue weighted by Gasteiger charge is 2.53. The van der Waals surface area contributed by atoms with Gasteiger partial charge >= 0.3 is 0 Å². The molecule has 166 valence electrons. The minimum absolute atomic E-state index is 0.0135. The molecule has 31 heavy (non-hydrogen) atoms. The monoisotopic (exact) mass is 422 g/mol. The van der Waals surface area contributed by atoms with E-state index in [1.165, 1.54) is 0 Å². The van der Waals surface area contributed by atoms with E-state index >= 15 is 0 Å². The highest BCUT2D eigenvalue weighted by molar-refractivity contribution is 5.98. The van der Waals surface area contributed by atoms with Crippen molar-refractivity contribution in [1.82, 2.24) is 9.47 Å². The molecule has 0 radical (unpaired) electrons. The number of piperidine rings is 1. The van der Waals surface area contributed by atoms with E-state index in [-0.39, 0.29) is 17.0 Å². The molecule has 4 rings (SSSR count). The topological polar surface area (TPSA) is 51.5 Å². The molecule has 0 N–H and O–H groups in total. The van der Waals surface area contributed by atoms with Crippen molar-refractivity contribution in [3.63, 3.8) is 0 Å². The number of likely N-dealkylation sites (tertiary alicyclic amines) is 1. The summed E-state index contributed by atoms with van der Waals surface area (Å²) >= 11 is 0. The summed E-state index contributed by atoms with van der Waals surface area (Å²) in [5, 5.41) is 0. The van der Waals surface area contributed by atoms with Gasteiger partial charge in [-0.1, -0.05) is 19.9 Å². The molecule has 1 aromatic heterocycles. The first-order valence-electron chi connectivity index (χ1n) is 11.4. The summed E-state index contributed by atoms with van der Waals surface area (Å²) in [7, 11) is 3.38. The van der Waals surface area contributed by atoms with E-state index in [2.05, 4.69) is 18.7 Å². The molecule has 1 atom stereocenters. The molecule has 5 heteroatoms. The van der Waals surface area contributed by atoms with Gasteiger partial charge in [-0.15, -0.1) is 0 Å². The number of benzene rings is 1. The third-order valence-electron chi connectivity index (χ3n) is 7.63. The van der Waals surface area contributed by atoms with Gasteiger partial charge in [0.1, 0.15) is 5.75 Å². The van der Waals surface area contributed by atoms with Crippen LogP contribution in [0.4, 0.5) is 0 Å². The number of pyridine rings is 1. The Kier molecular flexibility index (Phi) is 5.48. The average Bonchev–Trinajstić information content (AvgIpc) is 3.52. The lowest BCUT2D eigenvalue weighted by Crippen LogP contribution is -2.48. The predicted molar refractivity (Wildman–Crippen MR) is 124 cm³/mol. The van der Waals surface area contributed by atoms with Gasteiger partial charge in [0.25, 0.3) is 11.5 Å². The second-order valence-corrected chi connectivity index (χ2v) is 9.80. The Bertz CT molecular complexity index is 1080. The van der Waals surface area contributed by atoms with Crippen molar-refractivity contribution in [3.05, 3.63) is 51.4 Å². The molecule has 0 bridgehead atoms. The first-order chi connectivity index (χ1) is 14.7. The first kappa shape index (κ1) is 21.7. The zero-order valence-corrected chi connectivity index (χ0v) is 19.6. The number of aryl methyl sites for hydroxylation is 1. The van der Waals surface area contributed by atoms with Crippen molar-refractivity contribution < 1.29 is 9.53 Å². The largest absolute Gasteiger partial charge is 0.496 e. The number of carbonyl (C=O) groups is 1. The van der Waals surface area contributed by atoms with Gasteiger partial charge in [-0.3, -0.25) is 9.59 Å². The van der Waals surface area contributed by atoms with E-state index in [1.807, 2.05) is 38.2 Å².